The zero-order chi connectivity index (χ0) is 15.7. The maximum absolute atomic E-state index is 12.0. The average Bonchev–Trinajstić information content (AvgIpc) is 2.53. The van der Waals surface area contributed by atoms with Gasteiger partial charge < -0.3 is 4.74 Å². The van der Waals surface area contributed by atoms with E-state index in [1.807, 2.05) is 30.3 Å². The van der Waals surface area contributed by atoms with Gasteiger partial charge >= 0.3 is 5.97 Å². The van der Waals surface area contributed by atoms with Crippen LogP contribution in [0.25, 0.3) is 0 Å². The van der Waals surface area contributed by atoms with Gasteiger partial charge in [-0.05, 0) is 12.5 Å². The molecule has 1 aromatic rings. The van der Waals surface area contributed by atoms with E-state index in [1.54, 1.807) is 6.92 Å². The monoisotopic (exact) mass is 355 g/mol. The number of nitrogens with zero attached hydrogens (tertiary/aromatic N) is 1. The molecule has 1 aromatic carbocycles. The third-order valence-electron chi connectivity index (χ3n) is 2.61. The molecule has 0 fully saturated rings. The Balaban J connectivity index is 2.60. The van der Waals surface area contributed by atoms with E-state index < -0.39 is 12.0 Å². The van der Waals surface area contributed by atoms with Crippen LogP contribution in [0, 0.1) is 0 Å². The third-order valence-corrected chi connectivity index (χ3v) is 3.09. The molecule has 21 heavy (non-hydrogen) atoms. The number of hydroxylamine groups is 2. The minimum atomic E-state index is -0.835. The van der Waals surface area contributed by atoms with Crippen molar-refractivity contribution in [2.45, 2.75) is 19.6 Å². The zero-order valence-corrected chi connectivity index (χ0v) is 13.4. The summed E-state index contributed by atoms with van der Waals surface area (Å²) in [6, 6.07) is 8.48. The first-order valence-electron chi connectivity index (χ1n) is 6.42. The summed E-state index contributed by atoms with van der Waals surface area (Å²) >= 11 is 3.05. The molecule has 0 unspecified atom stereocenters. The van der Waals surface area contributed by atoms with Crippen LogP contribution in [-0.4, -0.2) is 34.9 Å². The molecule has 0 saturated carbocycles. The van der Waals surface area contributed by atoms with E-state index in [-0.39, 0.29) is 24.5 Å². The standard InChI is InChI=1S/C15H18BrNO4/c1-3-9-21-17(14(18)10-16)12(2)15(19)20-11-13-7-5-4-6-8-13/h3-8,12H,1,9-11H2,2H3/t12-/m0/s1. The fourth-order valence-electron chi connectivity index (χ4n) is 1.54. The summed E-state index contributed by atoms with van der Waals surface area (Å²) in [4.78, 5) is 29.0. The summed E-state index contributed by atoms with van der Waals surface area (Å²) < 4.78 is 5.19. The predicted octanol–water partition coefficient (Wildman–Crippen LogP) is 2.46. The molecule has 114 valence electrons. The molecule has 0 radical (unpaired) electrons. The number of esters is 1. The van der Waals surface area contributed by atoms with Crippen LogP contribution in [0.2, 0.25) is 0 Å². The number of ether oxygens (including phenoxy) is 1. The predicted molar refractivity (Wildman–Crippen MR) is 82.5 cm³/mol. The van der Waals surface area contributed by atoms with E-state index in [4.69, 9.17) is 9.57 Å². The zero-order valence-electron chi connectivity index (χ0n) is 11.8. The third kappa shape index (κ3) is 5.69. The highest BCUT2D eigenvalue weighted by Gasteiger charge is 2.27. The van der Waals surface area contributed by atoms with Gasteiger partial charge in [-0.2, -0.15) is 0 Å². The molecule has 0 aromatic heterocycles. The molecule has 6 heteroatoms. The summed E-state index contributed by atoms with van der Waals surface area (Å²) in [5, 5.41) is 1.06. The van der Waals surface area contributed by atoms with Crippen molar-refractivity contribution >= 4 is 27.8 Å². The fraction of sp³-hybridized carbons (Fsp3) is 0.333. The maximum atomic E-state index is 12.0. The topological polar surface area (TPSA) is 55.8 Å². The van der Waals surface area contributed by atoms with Crippen LogP contribution in [0.1, 0.15) is 12.5 Å². The minimum Gasteiger partial charge on any atom is -0.459 e. The van der Waals surface area contributed by atoms with Gasteiger partial charge in [-0.15, -0.1) is 6.58 Å². The van der Waals surface area contributed by atoms with E-state index in [9.17, 15) is 9.59 Å². The van der Waals surface area contributed by atoms with Crippen molar-refractivity contribution < 1.29 is 19.2 Å². The first kappa shape index (κ1) is 17.4. The number of carbonyl (C=O) groups is 2. The van der Waals surface area contributed by atoms with Crippen molar-refractivity contribution in [2.75, 3.05) is 11.9 Å². The average molecular weight is 356 g/mol. The molecule has 0 aliphatic carbocycles. The second-order valence-electron chi connectivity index (χ2n) is 4.21. The van der Waals surface area contributed by atoms with Crippen molar-refractivity contribution in [1.82, 2.24) is 5.06 Å². The Morgan fingerprint density at radius 2 is 2.05 bits per heavy atom. The van der Waals surface area contributed by atoms with Gasteiger partial charge in [0.1, 0.15) is 6.61 Å². The highest BCUT2D eigenvalue weighted by atomic mass is 79.9. The van der Waals surface area contributed by atoms with E-state index in [0.717, 1.165) is 10.6 Å². The molecule has 0 aliphatic heterocycles. The van der Waals surface area contributed by atoms with Gasteiger partial charge in [-0.3, -0.25) is 9.63 Å². The van der Waals surface area contributed by atoms with E-state index >= 15 is 0 Å². The van der Waals surface area contributed by atoms with Crippen molar-refractivity contribution in [2.24, 2.45) is 0 Å². The summed E-state index contributed by atoms with van der Waals surface area (Å²) in [6.45, 7) is 5.35. The Hall–Kier alpha value is -1.66. The number of alkyl halides is 1. The highest BCUT2D eigenvalue weighted by molar-refractivity contribution is 9.09. The van der Waals surface area contributed by atoms with E-state index in [2.05, 4.69) is 22.5 Å². The summed E-state index contributed by atoms with van der Waals surface area (Å²) in [6.07, 6.45) is 1.50. The second kappa shape index (κ2) is 9.31. The summed E-state index contributed by atoms with van der Waals surface area (Å²) in [7, 11) is 0. The van der Waals surface area contributed by atoms with E-state index in [0.29, 0.717) is 0 Å². The van der Waals surface area contributed by atoms with E-state index in [1.165, 1.54) is 6.08 Å². The van der Waals surface area contributed by atoms with Crippen molar-refractivity contribution in [3.63, 3.8) is 0 Å². The first-order chi connectivity index (χ1) is 10.1. The molecule has 0 heterocycles. The Morgan fingerprint density at radius 3 is 2.62 bits per heavy atom. The molecule has 1 rings (SSSR count). The quantitative estimate of drug-likeness (QED) is 0.311. The number of carbonyl (C=O) groups excluding carboxylic acids is 2. The molecule has 1 amide bonds. The lowest BCUT2D eigenvalue weighted by Gasteiger charge is -2.25. The minimum absolute atomic E-state index is 0.0560. The Kier molecular flexibility index (Phi) is 7.71. The fourth-order valence-corrected chi connectivity index (χ4v) is 1.78. The van der Waals surface area contributed by atoms with Gasteiger partial charge in [-0.1, -0.05) is 52.3 Å². The van der Waals surface area contributed by atoms with Gasteiger partial charge in [0, 0.05) is 0 Å². The van der Waals surface area contributed by atoms with Crippen LogP contribution in [0.3, 0.4) is 0 Å². The van der Waals surface area contributed by atoms with Crippen LogP contribution < -0.4 is 0 Å². The van der Waals surface area contributed by atoms with Crippen LogP contribution in [0.15, 0.2) is 43.0 Å². The van der Waals surface area contributed by atoms with Crippen molar-refractivity contribution in [3.05, 3.63) is 48.6 Å². The number of amides is 1. The molecule has 5 nitrogen and oxygen atoms in total. The SMILES string of the molecule is C=CCON(C(=O)CBr)[C@@H](C)C(=O)OCc1ccccc1. The maximum Gasteiger partial charge on any atom is 0.331 e. The van der Waals surface area contributed by atoms with Crippen LogP contribution in [0.5, 0.6) is 0 Å². The Morgan fingerprint density at radius 1 is 1.38 bits per heavy atom. The lowest BCUT2D eigenvalue weighted by molar-refractivity contribution is -0.201. The number of hydrogen-bond acceptors (Lipinski definition) is 4. The molecule has 0 saturated heterocycles. The lowest BCUT2D eigenvalue weighted by Crippen LogP contribution is -2.44. The van der Waals surface area contributed by atoms with Crippen LogP contribution in [0.4, 0.5) is 0 Å². The van der Waals surface area contributed by atoms with Crippen LogP contribution >= 0.6 is 15.9 Å². The molecular formula is C15H18BrNO4. The lowest BCUT2D eigenvalue weighted by atomic mass is 10.2. The van der Waals surface area contributed by atoms with Gasteiger partial charge in [0.2, 0.25) is 0 Å². The normalized spacial score (nSPS) is 11.5. The molecule has 0 spiro atoms. The number of rotatable bonds is 8. The second-order valence-corrected chi connectivity index (χ2v) is 4.77. The Bertz CT molecular complexity index is 478. The van der Waals surface area contributed by atoms with Crippen molar-refractivity contribution in [3.8, 4) is 0 Å². The Labute approximate surface area is 132 Å². The van der Waals surface area contributed by atoms with Gasteiger partial charge in [0.25, 0.3) is 5.91 Å². The highest BCUT2D eigenvalue weighted by Crippen LogP contribution is 2.08. The number of benzene rings is 1. The summed E-state index contributed by atoms with van der Waals surface area (Å²) in [5.41, 5.74) is 0.878. The molecule has 0 aliphatic rings. The molecule has 0 N–H and O–H groups in total. The number of halogens is 1. The van der Waals surface area contributed by atoms with Gasteiger partial charge in [-0.25, -0.2) is 9.86 Å². The number of hydrogen-bond donors (Lipinski definition) is 0. The first-order valence-corrected chi connectivity index (χ1v) is 7.54. The molecule has 1 atom stereocenters. The van der Waals surface area contributed by atoms with Gasteiger partial charge in [0.05, 0.1) is 11.9 Å². The van der Waals surface area contributed by atoms with Crippen LogP contribution in [-0.2, 0) is 25.8 Å². The smallest absolute Gasteiger partial charge is 0.331 e. The van der Waals surface area contributed by atoms with Gasteiger partial charge in [0.15, 0.2) is 6.04 Å². The largest absolute Gasteiger partial charge is 0.459 e. The molecule has 0 bridgehead atoms. The molecular weight excluding hydrogens is 338 g/mol. The van der Waals surface area contributed by atoms with Crippen molar-refractivity contribution in [1.29, 1.82) is 0 Å². The summed E-state index contributed by atoms with van der Waals surface area (Å²) in [5.74, 6) is -0.891.